The molecule has 1 heterocycles. The average Bonchev–Trinajstić information content (AvgIpc) is 2.17. The zero-order chi connectivity index (χ0) is 9.97. The predicted octanol–water partition coefficient (Wildman–Crippen LogP) is 2.36. The quantitative estimate of drug-likeness (QED) is 0.715. The van der Waals surface area contributed by atoms with Gasteiger partial charge in [-0.15, -0.1) is 0 Å². The van der Waals surface area contributed by atoms with Crippen molar-refractivity contribution in [2.75, 3.05) is 0 Å². The predicted molar refractivity (Wildman–Crippen MR) is 54.5 cm³/mol. The van der Waals surface area contributed by atoms with Crippen molar-refractivity contribution < 1.29 is 9.53 Å². The lowest BCUT2D eigenvalue weighted by atomic mass is 9.99. The Hall–Kier alpha value is -1.31. The van der Waals surface area contributed by atoms with E-state index < -0.39 is 0 Å². The average molecular weight is 190 g/mol. The SMILES string of the molecule is CC(=O)C[C@H]1CCc2ccccc2O1. The number of ketones is 1. The van der Waals surface area contributed by atoms with E-state index in [2.05, 4.69) is 6.07 Å². The zero-order valence-electron chi connectivity index (χ0n) is 8.32. The van der Waals surface area contributed by atoms with Gasteiger partial charge in [0.25, 0.3) is 0 Å². The van der Waals surface area contributed by atoms with Gasteiger partial charge in [0.05, 0.1) is 0 Å². The third-order valence-electron chi connectivity index (χ3n) is 2.52. The number of carbonyl (C=O) groups excluding carboxylic acids is 1. The fraction of sp³-hybridized carbons (Fsp3) is 0.417. The Morgan fingerprint density at radius 2 is 2.29 bits per heavy atom. The van der Waals surface area contributed by atoms with E-state index in [1.165, 1.54) is 5.56 Å². The van der Waals surface area contributed by atoms with E-state index in [0.717, 1.165) is 18.6 Å². The van der Waals surface area contributed by atoms with Gasteiger partial charge in [0.15, 0.2) is 0 Å². The van der Waals surface area contributed by atoms with Crippen LogP contribution in [-0.4, -0.2) is 11.9 Å². The molecule has 0 aliphatic carbocycles. The molecule has 0 bridgehead atoms. The first kappa shape index (κ1) is 9.25. The number of benzene rings is 1. The summed E-state index contributed by atoms with van der Waals surface area (Å²) in [4.78, 5) is 10.9. The van der Waals surface area contributed by atoms with Gasteiger partial charge in [-0.25, -0.2) is 0 Å². The van der Waals surface area contributed by atoms with E-state index in [1.54, 1.807) is 6.92 Å². The normalized spacial score (nSPS) is 19.6. The Labute approximate surface area is 83.9 Å². The van der Waals surface area contributed by atoms with Gasteiger partial charge < -0.3 is 4.74 Å². The third kappa shape index (κ3) is 1.95. The van der Waals surface area contributed by atoms with Crippen LogP contribution in [-0.2, 0) is 11.2 Å². The number of rotatable bonds is 2. The van der Waals surface area contributed by atoms with Gasteiger partial charge >= 0.3 is 0 Å². The lowest BCUT2D eigenvalue weighted by Gasteiger charge is -2.25. The number of Topliss-reactive ketones (excluding diaryl/α,β-unsaturated/α-hetero) is 1. The molecule has 2 rings (SSSR count). The van der Waals surface area contributed by atoms with Crippen molar-refractivity contribution in [1.29, 1.82) is 0 Å². The van der Waals surface area contributed by atoms with Crippen LogP contribution in [0.25, 0.3) is 0 Å². The topological polar surface area (TPSA) is 26.3 Å². The molecule has 0 spiro atoms. The second-order valence-electron chi connectivity index (χ2n) is 3.79. The first-order valence-electron chi connectivity index (χ1n) is 4.99. The molecule has 1 aliphatic heterocycles. The number of para-hydroxylation sites is 1. The van der Waals surface area contributed by atoms with Gasteiger partial charge in [0.1, 0.15) is 17.6 Å². The molecule has 0 N–H and O–H groups in total. The van der Waals surface area contributed by atoms with Crippen LogP contribution in [0.3, 0.4) is 0 Å². The molecular formula is C12H14O2. The maximum Gasteiger partial charge on any atom is 0.133 e. The summed E-state index contributed by atoms with van der Waals surface area (Å²) in [6, 6.07) is 8.05. The summed E-state index contributed by atoms with van der Waals surface area (Å²) in [6.45, 7) is 1.61. The second-order valence-corrected chi connectivity index (χ2v) is 3.79. The maximum absolute atomic E-state index is 10.9. The minimum Gasteiger partial charge on any atom is -0.490 e. The van der Waals surface area contributed by atoms with E-state index in [1.807, 2.05) is 18.2 Å². The van der Waals surface area contributed by atoms with Crippen LogP contribution in [0, 0.1) is 0 Å². The molecule has 0 amide bonds. The van der Waals surface area contributed by atoms with Crippen LogP contribution in [0.5, 0.6) is 5.75 Å². The van der Waals surface area contributed by atoms with Gasteiger partial charge in [-0.2, -0.15) is 0 Å². The lowest BCUT2D eigenvalue weighted by molar-refractivity contribution is -0.118. The van der Waals surface area contributed by atoms with Crippen LogP contribution in [0.2, 0.25) is 0 Å². The van der Waals surface area contributed by atoms with Crippen molar-refractivity contribution in [3.05, 3.63) is 29.8 Å². The van der Waals surface area contributed by atoms with E-state index >= 15 is 0 Å². The number of fused-ring (bicyclic) bond motifs is 1. The third-order valence-corrected chi connectivity index (χ3v) is 2.52. The fourth-order valence-electron chi connectivity index (χ4n) is 1.84. The fourth-order valence-corrected chi connectivity index (χ4v) is 1.84. The van der Waals surface area contributed by atoms with Crippen molar-refractivity contribution in [3.8, 4) is 5.75 Å². The van der Waals surface area contributed by atoms with E-state index in [-0.39, 0.29) is 11.9 Å². The minimum atomic E-state index is 0.0856. The van der Waals surface area contributed by atoms with Crippen molar-refractivity contribution in [2.45, 2.75) is 32.3 Å². The Morgan fingerprint density at radius 3 is 3.07 bits per heavy atom. The highest BCUT2D eigenvalue weighted by Gasteiger charge is 2.20. The summed E-state index contributed by atoms with van der Waals surface area (Å²) in [5.41, 5.74) is 1.26. The molecule has 2 nitrogen and oxygen atoms in total. The lowest BCUT2D eigenvalue weighted by Crippen LogP contribution is -2.24. The van der Waals surface area contributed by atoms with Crippen LogP contribution in [0.15, 0.2) is 24.3 Å². The molecule has 2 heteroatoms. The molecule has 1 aromatic rings. The second kappa shape index (κ2) is 3.82. The highest BCUT2D eigenvalue weighted by Crippen LogP contribution is 2.28. The highest BCUT2D eigenvalue weighted by molar-refractivity contribution is 5.76. The number of hydrogen-bond donors (Lipinski definition) is 0. The molecular weight excluding hydrogens is 176 g/mol. The Balaban J connectivity index is 2.09. The summed E-state index contributed by atoms with van der Waals surface area (Å²) < 4.78 is 5.72. The van der Waals surface area contributed by atoms with Crippen molar-refractivity contribution in [1.82, 2.24) is 0 Å². The van der Waals surface area contributed by atoms with Crippen molar-refractivity contribution in [3.63, 3.8) is 0 Å². The Kier molecular flexibility index (Phi) is 2.53. The molecule has 0 saturated heterocycles. The molecule has 1 atom stereocenters. The van der Waals surface area contributed by atoms with Crippen LogP contribution < -0.4 is 4.74 Å². The maximum atomic E-state index is 10.9. The van der Waals surface area contributed by atoms with Crippen molar-refractivity contribution in [2.24, 2.45) is 0 Å². The molecule has 1 aliphatic rings. The van der Waals surface area contributed by atoms with Gasteiger partial charge in [-0.1, -0.05) is 18.2 Å². The highest BCUT2D eigenvalue weighted by atomic mass is 16.5. The Bertz CT molecular complexity index is 344. The van der Waals surface area contributed by atoms with Gasteiger partial charge in [0.2, 0.25) is 0 Å². The minimum absolute atomic E-state index is 0.0856. The van der Waals surface area contributed by atoms with Crippen LogP contribution in [0.1, 0.15) is 25.3 Å². The van der Waals surface area contributed by atoms with Gasteiger partial charge in [-0.3, -0.25) is 4.79 Å². The largest absolute Gasteiger partial charge is 0.490 e. The molecule has 0 fully saturated rings. The number of ether oxygens (including phenoxy) is 1. The summed E-state index contributed by atoms with van der Waals surface area (Å²) >= 11 is 0. The van der Waals surface area contributed by atoms with E-state index in [9.17, 15) is 4.79 Å². The molecule has 74 valence electrons. The molecule has 0 aromatic heterocycles. The number of aryl methyl sites for hydroxylation is 1. The van der Waals surface area contributed by atoms with Crippen molar-refractivity contribution >= 4 is 5.78 Å². The summed E-state index contributed by atoms with van der Waals surface area (Å²) in [5.74, 6) is 1.15. The van der Waals surface area contributed by atoms with E-state index in [0.29, 0.717) is 6.42 Å². The molecule has 0 radical (unpaired) electrons. The standard InChI is InChI=1S/C12H14O2/c1-9(13)8-11-7-6-10-4-2-3-5-12(10)14-11/h2-5,11H,6-8H2,1H3/t11-/m1/s1. The van der Waals surface area contributed by atoms with Crippen LogP contribution in [0.4, 0.5) is 0 Å². The summed E-state index contributed by atoms with van der Waals surface area (Å²) in [6.07, 6.45) is 2.60. The molecule has 14 heavy (non-hydrogen) atoms. The van der Waals surface area contributed by atoms with Crippen LogP contribution >= 0.6 is 0 Å². The van der Waals surface area contributed by atoms with Gasteiger partial charge in [-0.05, 0) is 31.4 Å². The number of carbonyl (C=O) groups is 1. The molecule has 0 saturated carbocycles. The molecule has 0 unspecified atom stereocenters. The smallest absolute Gasteiger partial charge is 0.133 e. The summed E-state index contributed by atoms with van der Waals surface area (Å²) in [7, 11) is 0. The zero-order valence-corrected chi connectivity index (χ0v) is 8.32. The summed E-state index contributed by atoms with van der Waals surface area (Å²) in [5, 5.41) is 0. The van der Waals surface area contributed by atoms with E-state index in [4.69, 9.17) is 4.74 Å². The first-order chi connectivity index (χ1) is 6.75. The monoisotopic (exact) mass is 190 g/mol. The Morgan fingerprint density at radius 1 is 1.50 bits per heavy atom. The number of hydrogen-bond acceptors (Lipinski definition) is 2. The molecule has 1 aromatic carbocycles. The first-order valence-corrected chi connectivity index (χ1v) is 4.99. The van der Waals surface area contributed by atoms with Gasteiger partial charge in [0, 0.05) is 6.42 Å².